The number of hydrogen-bond donors (Lipinski definition) is 2. The van der Waals surface area contributed by atoms with Crippen LogP contribution in [0.1, 0.15) is 43.7 Å². The van der Waals surface area contributed by atoms with Crippen LogP contribution in [0.3, 0.4) is 0 Å². The van der Waals surface area contributed by atoms with E-state index in [9.17, 15) is 14.6 Å². The van der Waals surface area contributed by atoms with Gasteiger partial charge in [0.1, 0.15) is 5.82 Å². The summed E-state index contributed by atoms with van der Waals surface area (Å²) in [5.41, 5.74) is 2.45. The van der Waals surface area contributed by atoms with Gasteiger partial charge in [0, 0.05) is 11.1 Å². The third-order valence-corrected chi connectivity index (χ3v) is 5.41. The third kappa shape index (κ3) is 2.48. The van der Waals surface area contributed by atoms with Crippen molar-refractivity contribution < 1.29 is 14.6 Å². The molecule has 122 valence electrons. The molecule has 0 radical (unpaired) electrons. The van der Waals surface area contributed by atoms with Crippen LogP contribution in [-0.2, 0) is 0 Å². The zero-order chi connectivity index (χ0) is 16.0. The number of aliphatic hydroxyl groups is 2. The van der Waals surface area contributed by atoms with Crippen LogP contribution >= 0.6 is 0 Å². The van der Waals surface area contributed by atoms with Gasteiger partial charge in [0.2, 0.25) is 0 Å². The van der Waals surface area contributed by atoms with E-state index in [0.29, 0.717) is 12.0 Å². The van der Waals surface area contributed by atoms with Crippen molar-refractivity contribution in [2.45, 2.75) is 50.4 Å². The normalized spacial score (nSPS) is 27.5. The maximum atomic E-state index is 14.4. The molecule has 2 aliphatic rings. The average Bonchev–Trinajstić information content (AvgIpc) is 3.12. The van der Waals surface area contributed by atoms with Crippen LogP contribution in [0.4, 0.5) is 4.39 Å². The average molecular weight is 316 g/mol. The van der Waals surface area contributed by atoms with Gasteiger partial charge in [-0.25, -0.2) is 9.37 Å². The number of imidazole rings is 1. The van der Waals surface area contributed by atoms with Crippen LogP contribution in [0.15, 0.2) is 30.7 Å². The largest absolute Gasteiger partial charge is 0.393 e. The summed E-state index contributed by atoms with van der Waals surface area (Å²) in [7, 11) is 0. The standard InChI is InChI=1S/C18H21FN2O2/c19-14-3-1-2-13-16-9-20-10-21(16)15(18(13)14)8-17(23)11-4-6-12(22)7-5-11/h1-3,9-12,15,17,22-23H,4-8H2/t11-,12-,15?,17-/m0/s1. The lowest BCUT2D eigenvalue weighted by Gasteiger charge is -2.31. The van der Waals surface area contributed by atoms with Crippen LogP contribution in [0, 0.1) is 11.7 Å². The molecule has 4 rings (SSSR count). The number of benzene rings is 1. The van der Waals surface area contributed by atoms with Gasteiger partial charge in [-0.15, -0.1) is 0 Å². The highest BCUT2D eigenvalue weighted by Crippen LogP contribution is 2.43. The summed E-state index contributed by atoms with van der Waals surface area (Å²) in [6.45, 7) is 0. The summed E-state index contributed by atoms with van der Waals surface area (Å²) in [6.07, 6.45) is 6.38. The molecular formula is C18H21FN2O2. The second-order valence-corrected chi connectivity index (χ2v) is 6.77. The number of aliphatic hydroxyl groups excluding tert-OH is 2. The van der Waals surface area contributed by atoms with E-state index in [-0.39, 0.29) is 23.9 Å². The molecule has 2 heterocycles. The fourth-order valence-electron chi connectivity index (χ4n) is 4.14. The second kappa shape index (κ2) is 5.73. The maximum Gasteiger partial charge on any atom is 0.129 e. The summed E-state index contributed by atoms with van der Waals surface area (Å²) in [4.78, 5) is 4.18. The molecule has 1 saturated carbocycles. The predicted molar refractivity (Wildman–Crippen MR) is 84.3 cm³/mol. The summed E-state index contributed by atoms with van der Waals surface area (Å²) in [5, 5.41) is 20.3. The van der Waals surface area contributed by atoms with E-state index in [1.54, 1.807) is 18.6 Å². The van der Waals surface area contributed by atoms with Gasteiger partial charge < -0.3 is 14.8 Å². The molecule has 1 aliphatic carbocycles. The van der Waals surface area contributed by atoms with Crippen LogP contribution in [0.2, 0.25) is 0 Å². The lowest BCUT2D eigenvalue weighted by Crippen LogP contribution is -2.29. The number of halogens is 1. The number of aromatic nitrogens is 2. The van der Waals surface area contributed by atoms with Gasteiger partial charge in [0.25, 0.3) is 0 Å². The third-order valence-electron chi connectivity index (χ3n) is 5.41. The number of rotatable bonds is 3. The summed E-state index contributed by atoms with van der Waals surface area (Å²) >= 11 is 0. The smallest absolute Gasteiger partial charge is 0.129 e. The predicted octanol–water partition coefficient (Wildman–Crippen LogP) is 2.89. The van der Waals surface area contributed by atoms with Gasteiger partial charge in [0.15, 0.2) is 0 Å². The highest BCUT2D eigenvalue weighted by atomic mass is 19.1. The fourth-order valence-corrected chi connectivity index (χ4v) is 4.14. The lowest BCUT2D eigenvalue weighted by atomic mass is 9.81. The molecule has 1 aliphatic heterocycles. The highest BCUT2D eigenvalue weighted by Gasteiger charge is 2.35. The first-order valence-corrected chi connectivity index (χ1v) is 8.32. The zero-order valence-corrected chi connectivity index (χ0v) is 12.9. The zero-order valence-electron chi connectivity index (χ0n) is 12.9. The summed E-state index contributed by atoms with van der Waals surface area (Å²) < 4.78 is 16.3. The van der Waals surface area contributed by atoms with Crippen molar-refractivity contribution in [2.75, 3.05) is 0 Å². The molecule has 4 nitrogen and oxygen atoms in total. The minimum atomic E-state index is -0.492. The van der Waals surface area contributed by atoms with Crippen molar-refractivity contribution >= 4 is 0 Å². The van der Waals surface area contributed by atoms with Crippen LogP contribution in [-0.4, -0.2) is 32.0 Å². The van der Waals surface area contributed by atoms with Crippen molar-refractivity contribution in [2.24, 2.45) is 5.92 Å². The van der Waals surface area contributed by atoms with Crippen molar-refractivity contribution in [3.05, 3.63) is 42.1 Å². The Kier molecular flexibility index (Phi) is 3.70. The second-order valence-electron chi connectivity index (χ2n) is 6.77. The molecule has 1 aromatic heterocycles. The highest BCUT2D eigenvalue weighted by molar-refractivity contribution is 5.69. The van der Waals surface area contributed by atoms with Gasteiger partial charge in [0.05, 0.1) is 36.5 Å². The molecule has 2 aromatic rings. The molecule has 2 atom stereocenters. The summed E-state index contributed by atoms with van der Waals surface area (Å²) in [5.74, 6) is -0.0383. The molecule has 0 spiro atoms. The Hall–Kier alpha value is -1.72. The minimum Gasteiger partial charge on any atom is -0.393 e. The van der Waals surface area contributed by atoms with E-state index in [2.05, 4.69) is 4.98 Å². The maximum absolute atomic E-state index is 14.4. The molecule has 0 amide bonds. The van der Waals surface area contributed by atoms with Crippen LogP contribution in [0.5, 0.6) is 0 Å². The van der Waals surface area contributed by atoms with Gasteiger partial charge in [-0.3, -0.25) is 0 Å². The Balaban J connectivity index is 1.60. The van der Waals surface area contributed by atoms with E-state index >= 15 is 0 Å². The van der Waals surface area contributed by atoms with E-state index < -0.39 is 6.10 Å². The molecule has 0 bridgehead atoms. The number of fused-ring (bicyclic) bond motifs is 3. The molecule has 1 aromatic carbocycles. The van der Waals surface area contributed by atoms with E-state index in [1.165, 1.54) is 6.07 Å². The first kappa shape index (κ1) is 14.8. The quantitative estimate of drug-likeness (QED) is 0.915. The van der Waals surface area contributed by atoms with Gasteiger partial charge in [-0.1, -0.05) is 12.1 Å². The van der Waals surface area contributed by atoms with Crippen LogP contribution in [0.25, 0.3) is 11.3 Å². The van der Waals surface area contributed by atoms with Crippen molar-refractivity contribution in [1.82, 2.24) is 9.55 Å². The molecule has 0 saturated heterocycles. The van der Waals surface area contributed by atoms with Gasteiger partial charge in [-0.2, -0.15) is 0 Å². The number of hydrogen-bond acceptors (Lipinski definition) is 3. The SMILES string of the molecule is O[C@@H](CC1c2c(F)cccc2-c2cncn21)[C@H]1CC[C@H](O)CC1. The van der Waals surface area contributed by atoms with E-state index in [4.69, 9.17) is 0 Å². The van der Waals surface area contributed by atoms with Crippen molar-refractivity contribution in [3.8, 4) is 11.3 Å². The first-order valence-electron chi connectivity index (χ1n) is 8.32. The lowest BCUT2D eigenvalue weighted by molar-refractivity contribution is 0.0328. The fraction of sp³-hybridized carbons (Fsp3) is 0.500. The summed E-state index contributed by atoms with van der Waals surface area (Å²) in [6, 6.07) is 4.91. The molecule has 2 N–H and O–H groups in total. The van der Waals surface area contributed by atoms with Crippen LogP contribution < -0.4 is 0 Å². The molecule has 1 unspecified atom stereocenters. The van der Waals surface area contributed by atoms with Crippen molar-refractivity contribution in [1.29, 1.82) is 0 Å². The Bertz CT molecular complexity index is 707. The molecular weight excluding hydrogens is 295 g/mol. The Labute approximate surface area is 134 Å². The monoisotopic (exact) mass is 316 g/mol. The van der Waals surface area contributed by atoms with Crippen molar-refractivity contribution in [3.63, 3.8) is 0 Å². The van der Waals surface area contributed by atoms with E-state index in [0.717, 1.165) is 36.9 Å². The molecule has 1 fully saturated rings. The van der Waals surface area contributed by atoms with Gasteiger partial charge >= 0.3 is 0 Å². The number of nitrogens with zero attached hydrogens (tertiary/aromatic N) is 2. The Morgan fingerprint density at radius 2 is 2.04 bits per heavy atom. The first-order chi connectivity index (χ1) is 11.1. The van der Waals surface area contributed by atoms with Gasteiger partial charge in [-0.05, 0) is 44.1 Å². The molecule has 5 heteroatoms. The van der Waals surface area contributed by atoms with E-state index in [1.807, 2.05) is 10.6 Å². The Morgan fingerprint density at radius 1 is 1.26 bits per heavy atom. The minimum absolute atomic E-state index is 0.182. The topological polar surface area (TPSA) is 58.3 Å². The molecule has 23 heavy (non-hydrogen) atoms. The Morgan fingerprint density at radius 3 is 2.83 bits per heavy atom.